The third kappa shape index (κ3) is 5.49. The average molecular weight is 396 g/mol. The molecule has 2 saturated heterocycles. The van der Waals surface area contributed by atoms with Crippen LogP contribution in [0.15, 0.2) is 29.2 Å². The lowest BCUT2D eigenvalue weighted by Crippen LogP contribution is -2.50. The lowest BCUT2D eigenvalue weighted by Gasteiger charge is -2.38. The molecule has 0 amide bonds. The molecule has 0 saturated carbocycles. The molecular formula is C19H29N3O4S. The highest BCUT2D eigenvalue weighted by atomic mass is 32.2. The summed E-state index contributed by atoms with van der Waals surface area (Å²) in [4.78, 5) is 15.2. The second-order valence-electron chi connectivity index (χ2n) is 7.64. The number of likely N-dealkylation sites (tertiary alicyclic amines) is 2. The van der Waals surface area contributed by atoms with Gasteiger partial charge in [-0.05, 0) is 64.0 Å². The molecule has 0 unspecified atom stereocenters. The highest BCUT2D eigenvalue weighted by Gasteiger charge is 2.29. The first-order chi connectivity index (χ1) is 13.0. The maximum absolute atomic E-state index is 13.0. The maximum Gasteiger partial charge on any atom is 0.269 e. The van der Waals surface area contributed by atoms with E-state index in [0.717, 1.165) is 45.6 Å². The highest BCUT2D eigenvalue weighted by molar-refractivity contribution is 7.91. The molecule has 1 atom stereocenters. The van der Waals surface area contributed by atoms with Crippen LogP contribution in [0.4, 0.5) is 5.69 Å². The summed E-state index contributed by atoms with van der Waals surface area (Å²) in [6.07, 6.45) is 7.07. The van der Waals surface area contributed by atoms with Crippen molar-refractivity contribution in [2.75, 3.05) is 38.5 Å². The number of nitrogens with zero attached hydrogens (tertiary/aromatic N) is 3. The zero-order valence-corrected chi connectivity index (χ0v) is 16.6. The Bertz CT molecular complexity index is 724. The van der Waals surface area contributed by atoms with Crippen LogP contribution in [0, 0.1) is 10.1 Å². The predicted octanol–water partition coefficient (Wildman–Crippen LogP) is 2.71. The van der Waals surface area contributed by atoms with Gasteiger partial charge in [0.1, 0.15) is 0 Å². The van der Waals surface area contributed by atoms with Crippen LogP contribution in [0.5, 0.6) is 0 Å². The van der Waals surface area contributed by atoms with Gasteiger partial charge in [0.15, 0.2) is 9.84 Å². The van der Waals surface area contributed by atoms with Gasteiger partial charge >= 0.3 is 0 Å². The third-order valence-electron chi connectivity index (χ3n) is 5.64. The first-order valence-electron chi connectivity index (χ1n) is 9.89. The minimum atomic E-state index is -3.49. The number of piperidine rings is 2. The van der Waals surface area contributed by atoms with Crippen molar-refractivity contribution in [3.05, 3.63) is 34.4 Å². The number of non-ortho nitro benzene ring substituents is 1. The van der Waals surface area contributed by atoms with Crippen molar-refractivity contribution in [2.24, 2.45) is 0 Å². The van der Waals surface area contributed by atoms with E-state index in [-0.39, 0.29) is 22.4 Å². The zero-order valence-electron chi connectivity index (χ0n) is 15.8. The summed E-state index contributed by atoms with van der Waals surface area (Å²) in [7, 11) is -3.49. The topological polar surface area (TPSA) is 83.8 Å². The quantitative estimate of drug-likeness (QED) is 0.521. The fourth-order valence-corrected chi connectivity index (χ4v) is 5.69. The van der Waals surface area contributed by atoms with Crippen LogP contribution in [-0.4, -0.2) is 67.7 Å². The Morgan fingerprint density at radius 3 is 2.04 bits per heavy atom. The normalized spacial score (nSPS) is 21.0. The molecular weight excluding hydrogens is 366 g/mol. The largest absolute Gasteiger partial charge is 0.302 e. The van der Waals surface area contributed by atoms with Crippen LogP contribution in [0.1, 0.15) is 38.5 Å². The molecule has 3 rings (SSSR count). The molecule has 2 aliphatic rings. The van der Waals surface area contributed by atoms with E-state index in [1.165, 1.54) is 49.9 Å². The SMILES string of the molecule is O=[N+]([O-])c1ccc(S(=O)(=O)C[C@@H](CN2CCCCC2)N2CCCCC2)cc1. The molecule has 2 fully saturated rings. The van der Waals surface area contributed by atoms with Crippen LogP contribution in [0.25, 0.3) is 0 Å². The summed E-state index contributed by atoms with van der Waals surface area (Å²) in [5.41, 5.74) is -0.0881. The van der Waals surface area contributed by atoms with Gasteiger partial charge in [-0.2, -0.15) is 0 Å². The third-order valence-corrected chi connectivity index (χ3v) is 7.46. The zero-order chi connectivity index (χ0) is 19.3. The second-order valence-corrected chi connectivity index (χ2v) is 9.68. The monoisotopic (exact) mass is 395 g/mol. The second kappa shape index (κ2) is 9.12. The Labute approximate surface area is 161 Å². The highest BCUT2D eigenvalue weighted by Crippen LogP contribution is 2.22. The standard InChI is InChI=1S/C19H29N3O4S/c23-22(24)17-7-9-19(10-8-17)27(25,26)16-18(21-13-5-2-6-14-21)15-20-11-3-1-4-12-20/h7-10,18H,1-6,11-16H2/t18-/m1/s1. The van der Waals surface area contributed by atoms with E-state index in [1.54, 1.807) is 0 Å². The molecule has 0 N–H and O–H groups in total. The number of nitro groups is 1. The Kier molecular flexibility index (Phi) is 6.83. The lowest BCUT2D eigenvalue weighted by molar-refractivity contribution is -0.384. The molecule has 0 radical (unpaired) electrons. The first kappa shape index (κ1) is 20.2. The van der Waals surface area contributed by atoms with Gasteiger partial charge in [-0.25, -0.2) is 8.42 Å². The molecule has 0 bridgehead atoms. The van der Waals surface area contributed by atoms with Crippen LogP contribution in [0.2, 0.25) is 0 Å². The van der Waals surface area contributed by atoms with E-state index < -0.39 is 14.8 Å². The van der Waals surface area contributed by atoms with E-state index in [1.807, 2.05) is 0 Å². The number of sulfone groups is 1. The molecule has 0 aromatic heterocycles. The van der Waals surface area contributed by atoms with Crippen molar-refractivity contribution in [1.29, 1.82) is 0 Å². The van der Waals surface area contributed by atoms with Crippen LogP contribution < -0.4 is 0 Å². The Morgan fingerprint density at radius 2 is 1.48 bits per heavy atom. The molecule has 2 heterocycles. The fourth-order valence-electron chi connectivity index (χ4n) is 4.12. The van der Waals surface area contributed by atoms with E-state index >= 15 is 0 Å². The number of rotatable bonds is 7. The van der Waals surface area contributed by atoms with Crippen molar-refractivity contribution < 1.29 is 13.3 Å². The first-order valence-corrected chi connectivity index (χ1v) is 11.5. The molecule has 0 spiro atoms. The number of benzene rings is 1. The lowest BCUT2D eigenvalue weighted by atomic mass is 10.1. The van der Waals surface area contributed by atoms with E-state index in [2.05, 4.69) is 9.80 Å². The van der Waals surface area contributed by atoms with Crippen molar-refractivity contribution >= 4 is 15.5 Å². The van der Waals surface area contributed by atoms with Crippen LogP contribution in [-0.2, 0) is 9.84 Å². The van der Waals surface area contributed by atoms with Crippen molar-refractivity contribution in [1.82, 2.24) is 9.80 Å². The summed E-state index contributed by atoms with van der Waals surface area (Å²) >= 11 is 0. The minimum Gasteiger partial charge on any atom is -0.302 e. The Balaban J connectivity index is 1.75. The number of hydrogen-bond donors (Lipinski definition) is 0. The molecule has 150 valence electrons. The minimum absolute atomic E-state index is 0.0245. The van der Waals surface area contributed by atoms with Crippen molar-refractivity contribution in [3.63, 3.8) is 0 Å². The summed E-state index contributed by atoms with van der Waals surface area (Å²) < 4.78 is 26.0. The summed E-state index contributed by atoms with van der Waals surface area (Å²) in [6.45, 7) is 4.78. The molecule has 8 heteroatoms. The van der Waals surface area contributed by atoms with Gasteiger partial charge in [-0.1, -0.05) is 12.8 Å². The molecule has 1 aromatic rings. The van der Waals surface area contributed by atoms with Crippen molar-refractivity contribution in [2.45, 2.75) is 49.5 Å². The van der Waals surface area contributed by atoms with Gasteiger partial charge in [0.2, 0.25) is 0 Å². The van der Waals surface area contributed by atoms with Gasteiger partial charge in [0.05, 0.1) is 15.6 Å². The predicted molar refractivity (Wildman–Crippen MR) is 105 cm³/mol. The van der Waals surface area contributed by atoms with Gasteiger partial charge < -0.3 is 4.90 Å². The fraction of sp³-hybridized carbons (Fsp3) is 0.684. The summed E-state index contributed by atoms with van der Waals surface area (Å²) in [5.74, 6) is 0.0707. The van der Waals surface area contributed by atoms with Crippen LogP contribution in [0.3, 0.4) is 0 Å². The van der Waals surface area contributed by atoms with E-state index in [0.29, 0.717) is 0 Å². The number of nitro benzene ring substituents is 1. The van der Waals surface area contributed by atoms with Gasteiger partial charge in [0.25, 0.3) is 5.69 Å². The molecule has 7 nitrogen and oxygen atoms in total. The van der Waals surface area contributed by atoms with Gasteiger partial charge in [0, 0.05) is 24.7 Å². The molecule has 27 heavy (non-hydrogen) atoms. The van der Waals surface area contributed by atoms with E-state index in [9.17, 15) is 18.5 Å². The Hall–Kier alpha value is -1.51. The molecule has 2 aliphatic heterocycles. The van der Waals surface area contributed by atoms with Crippen LogP contribution >= 0.6 is 0 Å². The van der Waals surface area contributed by atoms with E-state index in [4.69, 9.17) is 0 Å². The maximum atomic E-state index is 13.0. The van der Waals surface area contributed by atoms with Gasteiger partial charge in [-0.3, -0.25) is 15.0 Å². The van der Waals surface area contributed by atoms with Gasteiger partial charge in [-0.15, -0.1) is 0 Å². The molecule has 1 aromatic carbocycles. The summed E-state index contributed by atoms with van der Waals surface area (Å²) in [5, 5.41) is 10.8. The number of hydrogen-bond acceptors (Lipinski definition) is 6. The molecule has 0 aliphatic carbocycles. The Morgan fingerprint density at radius 1 is 0.926 bits per heavy atom. The average Bonchev–Trinajstić information content (AvgIpc) is 2.69. The smallest absolute Gasteiger partial charge is 0.269 e. The van der Waals surface area contributed by atoms with Crippen molar-refractivity contribution in [3.8, 4) is 0 Å². The summed E-state index contributed by atoms with van der Waals surface area (Å²) in [6, 6.07) is 5.24.